The van der Waals surface area contributed by atoms with E-state index in [4.69, 9.17) is 42.6 Å². The summed E-state index contributed by atoms with van der Waals surface area (Å²) in [6, 6.07) is 8.89. The van der Waals surface area contributed by atoms with Crippen LogP contribution in [0.15, 0.2) is 30.3 Å². The first-order valence-electron chi connectivity index (χ1n) is 13.2. The Balaban J connectivity index is 1.61. The Hall–Kier alpha value is -3.21. The van der Waals surface area contributed by atoms with E-state index in [0.717, 1.165) is 27.7 Å². The second-order valence-corrected chi connectivity index (χ2v) is 9.85. The summed E-state index contributed by atoms with van der Waals surface area (Å²) in [6.07, 6.45) is -16.3. The summed E-state index contributed by atoms with van der Waals surface area (Å²) in [5.41, 5.74) is 0.662. The van der Waals surface area contributed by atoms with Crippen molar-refractivity contribution in [2.45, 2.75) is 95.5 Å². The molecule has 3 fully saturated rings. The third kappa shape index (κ3) is 7.59. The number of hydrogen-bond acceptors (Lipinski definition) is 14. The third-order valence-corrected chi connectivity index (χ3v) is 6.59. The summed E-state index contributed by atoms with van der Waals surface area (Å²) >= 11 is 0. The maximum absolute atomic E-state index is 15.9. The van der Waals surface area contributed by atoms with E-state index in [9.17, 15) is 24.3 Å². The van der Waals surface area contributed by atoms with E-state index in [-0.39, 0.29) is 6.61 Å². The fourth-order valence-corrected chi connectivity index (χ4v) is 4.94. The summed E-state index contributed by atoms with van der Waals surface area (Å²) in [6.45, 7) is 3.75. The average Bonchev–Trinajstić information content (AvgIpc) is 2.92. The minimum absolute atomic E-state index is 0.0412. The van der Waals surface area contributed by atoms with Crippen LogP contribution in [0.5, 0.6) is 0 Å². The predicted octanol–water partition coefficient (Wildman–Crippen LogP) is 0.624. The van der Waals surface area contributed by atoms with Crippen LogP contribution in [0.2, 0.25) is 0 Å². The van der Waals surface area contributed by atoms with Crippen LogP contribution in [0, 0.1) is 0 Å². The Morgan fingerprint density at radius 1 is 0.833 bits per heavy atom. The van der Waals surface area contributed by atoms with Crippen molar-refractivity contribution in [2.75, 3.05) is 13.2 Å². The highest BCUT2D eigenvalue weighted by atomic mass is 19.1. The standard InChI is InChI=1S/C27H33FO14/c1-12(29)34-10-18-20(36-13(2)30)22(37-14(3)31)19(28)27(40-18)42-24-23(38-15(4)32)21-17(39-25(24)33)11-35-26(41-21)16-8-6-5-7-9-16/h5-9,17-27,33H,10-11H2,1-4H3/t17-,18-,19-,20-,21-,22-,23+,24-,25+,26?,27-/m1/s1. The monoisotopic (exact) mass is 600 g/mol. The molecule has 3 saturated heterocycles. The number of carbonyl (C=O) groups is 4. The van der Waals surface area contributed by atoms with Crippen molar-refractivity contribution in [3.8, 4) is 0 Å². The first-order chi connectivity index (χ1) is 19.9. The number of aliphatic hydroxyl groups is 1. The SMILES string of the molecule is CC(=O)OC[C@H]1O[C@H](O[C@@H]2[C@@H](OC(C)=O)[C@@H]3OC(c4ccccc4)OC[C@H]3O[C@@H]2O)[C@H](F)[C@@H](OC(C)=O)[C@@H]1OC(C)=O. The molecule has 232 valence electrons. The molecule has 0 saturated carbocycles. The third-order valence-electron chi connectivity index (χ3n) is 6.59. The number of esters is 4. The minimum atomic E-state index is -2.29. The Bertz CT molecular complexity index is 1120. The number of alkyl halides is 1. The Morgan fingerprint density at radius 3 is 2.07 bits per heavy atom. The summed E-state index contributed by atoms with van der Waals surface area (Å²) in [5.74, 6) is -3.22. The smallest absolute Gasteiger partial charge is 0.303 e. The first kappa shape index (κ1) is 31.7. The lowest BCUT2D eigenvalue weighted by Gasteiger charge is -2.49. The molecule has 1 N–H and O–H groups in total. The van der Waals surface area contributed by atoms with Crippen molar-refractivity contribution in [1.82, 2.24) is 0 Å². The lowest BCUT2D eigenvalue weighted by Crippen LogP contribution is -2.66. The molecular formula is C27H33FO14. The molecule has 11 atom stereocenters. The molecule has 14 nitrogen and oxygen atoms in total. The summed E-state index contributed by atoms with van der Waals surface area (Å²) in [4.78, 5) is 47.2. The van der Waals surface area contributed by atoms with Crippen molar-refractivity contribution in [1.29, 1.82) is 0 Å². The van der Waals surface area contributed by atoms with Crippen molar-refractivity contribution in [3.05, 3.63) is 35.9 Å². The second-order valence-electron chi connectivity index (χ2n) is 9.85. The lowest BCUT2D eigenvalue weighted by atomic mass is 9.96. The highest BCUT2D eigenvalue weighted by Gasteiger charge is 2.57. The molecule has 0 radical (unpaired) electrons. The molecule has 4 rings (SSSR count). The van der Waals surface area contributed by atoms with Gasteiger partial charge in [-0.15, -0.1) is 0 Å². The van der Waals surface area contributed by atoms with Gasteiger partial charge in [-0.1, -0.05) is 30.3 Å². The van der Waals surface area contributed by atoms with Gasteiger partial charge in [0.15, 0.2) is 49.5 Å². The zero-order valence-corrected chi connectivity index (χ0v) is 23.3. The molecule has 0 bridgehead atoms. The van der Waals surface area contributed by atoms with Gasteiger partial charge in [-0.2, -0.15) is 0 Å². The molecule has 0 amide bonds. The Kier molecular flexibility index (Phi) is 10.5. The van der Waals surface area contributed by atoms with Gasteiger partial charge in [0, 0.05) is 33.3 Å². The van der Waals surface area contributed by atoms with E-state index in [2.05, 4.69) is 0 Å². The summed E-state index contributed by atoms with van der Waals surface area (Å²) in [7, 11) is 0. The van der Waals surface area contributed by atoms with E-state index >= 15 is 4.39 Å². The number of ether oxygens (including phenoxy) is 9. The zero-order valence-electron chi connectivity index (χ0n) is 23.3. The van der Waals surface area contributed by atoms with Crippen molar-refractivity contribution < 1.29 is 71.3 Å². The van der Waals surface area contributed by atoms with E-state index in [1.165, 1.54) is 0 Å². The van der Waals surface area contributed by atoms with Crippen LogP contribution in [0.25, 0.3) is 0 Å². The highest BCUT2D eigenvalue weighted by molar-refractivity contribution is 5.68. The van der Waals surface area contributed by atoms with Crippen molar-refractivity contribution in [2.24, 2.45) is 0 Å². The average molecular weight is 601 g/mol. The van der Waals surface area contributed by atoms with E-state index in [1.807, 2.05) is 6.07 Å². The summed E-state index contributed by atoms with van der Waals surface area (Å²) < 4.78 is 65.7. The highest BCUT2D eigenvalue weighted by Crippen LogP contribution is 2.38. The van der Waals surface area contributed by atoms with Gasteiger partial charge >= 0.3 is 23.9 Å². The zero-order chi connectivity index (χ0) is 30.6. The molecule has 0 aliphatic carbocycles. The molecule has 42 heavy (non-hydrogen) atoms. The molecule has 1 aromatic rings. The van der Waals surface area contributed by atoms with Gasteiger partial charge in [-0.25, -0.2) is 4.39 Å². The molecule has 15 heteroatoms. The molecular weight excluding hydrogens is 567 g/mol. The van der Waals surface area contributed by atoms with E-state index < -0.39 is 98.3 Å². The van der Waals surface area contributed by atoms with Crippen LogP contribution in [0.4, 0.5) is 4.39 Å². The fourth-order valence-electron chi connectivity index (χ4n) is 4.94. The van der Waals surface area contributed by atoms with Crippen molar-refractivity contribution >= 4 is 23.9 Å². The van der Waals surface area contributed by atoms with Gasteiger partial charge in [0.25, 0.3) is 0 Å². The molecule has 1 unspecified atom stereocenters. The first-order valence-corrected chi connectivity index (χ1v) is 13.2. The summed E-state index contributed by atoms with van der Waals surface area (Å²) in [5, 5.41) is 10.9. The van der Waals surface area contributed by atoms with Crippen molar-refractivity contribution in [3.63, 3.8) is 0 Å². The van der Waals surface area contributed by atoms with Gasteiger partial charge in [-0.05, 0) is 0 Å². The molecule has 1 aromatic carbocycles. The fraction of sp³-hybridized carbons (Fsp3) is 0.630. The lowest BCUT2D eigenvalue weighted by molar-refractivity contribution is -0.385. The molecule has 3 aliphatic heterocycles. The van der Waals surface area contributed by atoms with Crippen LogP contribution in [0.3, 0.4) is 0 Å². The van der Waals surface area contributed by atoms with Crippen LogP contribution < -0.4 is 0 Å². The van der Waals surface area contributed by atoms with Crippen LogP contribution >= 0.6 is 0 Å². The largest absolute Gasteiger partial charge is 0.463 e. The van der Waals surface area contributed by atoms with Crippen LogP contribution in [0.1, 0.15) is 39.5 Å². The van der Waals surface area contributed by atoms with Gasteiger partial charge < -0.3 is 47.7 Å². The number of halogens is 1. The minimum Gasteiger partial charge on any atom is -0.463 e. The Labute approximate surface area is 240 Å². The molecule has 0 aromatic heterocycles. The number of rotatable bonds is 8. The maximum Gasteiger partial charge on any atom is 0.303 e. The normalized spacial score (nSPS) is 36.2. The number of hydrogen-bond donors (Lipinski definition) is 1. The van der Waals surface area contributed by atoms with E-state index in [0.29, 0.717) is 5.56 Å². The van der Waals surface area contributed by atoms with Gasteiger partial charge in [0.2, 0.25) is 0 Å². The predicted molar refractivity (Wildman–Crippen MR) is 133 cm³/mol. The van der Waals surface area contributed by atoms with Gasteiger partial charge in [-0.3, -0.25) is 19.2 Å². The second kappa shape index (κ2) is 13.8. The Morgan fingerprint density at radius 2 is 1.45 bits per heavy atom. The number of carbonyl (C=O) groups excluding carboxylic acids is 4. The number of aliphatic hydroxyl groups excluding tert-OH is 1. The van der Waals surface area contributed by atoms with Gasteiger partial charge in [0.05, 0.1) is 6.61 Å². The quantitative estimate of drug-likeness (QED) is 0.325. The molecule has 3 aliphatic rings. The molecule has 0 spiro atoms. The molecule has 3 heterocycles. The number of fused-ring (bicyclic) bond motifs is 1. The number of benzene rings is 1. The maximum atomic E-state index is 15.9. The van der Waals surface area contributed by atoms with Gasteiger partial charge in [0.1, 0.15) is 24.9 Å². The van der Waals surface area contributed by atoms with Crippen LogP contribution in [-0.2, 0) is 61.8 Å². The van der Waals surface area contributed by atoms with E-state index in [1.54, 1.807) is 24.3 Å². The topological polar surface area (TPSA) is 172 Å². The van der Waals surface area contributed by atoms with Crippen LogP contribution in [-0.4, -0.2) is 104 Å².